The molecule has 66 valence electrons. The first kappa shape index (κ1) is 9.50. The number of ether oxygens (including phenoxy) is 1. The highest BCUT2D eigenvalue weighted by Gasteiger charge is 1.95. The van der Waals surface area contributed by atoms with Gasteiger partial charge in [0.05, 0.1) is 0 Å². The first-order valence-corrected chi connectivity index (χ1v) is 4.54. The number of aryl methyl sites for hydroxylation is 1. The molecule has 3 heteroatoms. The normalized spacial score (nSPS) is 9.83. The molecule has 0 amide bonds. The van der Waals surface area contributed by atoms with Crippen LogP contribution in [0.4, 0.5) is 0 Å². The molecular weight excluding hydrogens is 169 g/mol. The molecule has 1 aromatic rings. The lowest BCUT2D eigenvalue weighted by atomic mass is 10.2. The maximum Gasteiger partial charge on any atom is 0.122 e. The van der Waals surface area contributed by atoms with Gasteiger partial charge < -0.3 is 4.74 Å². The van der Waals surface area contributed by atoms with Crippen molar-refractivity contribution in [2.75, 3.05) is 13.2 Å². The molecule has 0 bridgehead atoms. The van der Waals surface area contributed by atoms with E-state index in [0.29, 0.717) is 6.61 Å². The van der Waals surface area contributed by atoms with Crippen LogP contribution in [0, 0.1) is 6.92 Å². The van der Waals surface area contributed by atoms with Crippen molar-refractivity contribution in [3.8, 4) is 5.75 Å². The summed E-state index contributed by atoms with van der Waals surface area (Å²) in [6, 6.07) is 8.02. The summed E-state index contributed by atoms with van der Waals surface area (Å²) in [6.45, 7) is 3.59. The third-order valence-electron chi connectivity index (χ3n) is 1.60. The van der Waals surface area contributed by atoms with Gasteiger partial charge in [-0.3, -0.25) is 5.09 Å². The Balaban J connectivity index is 2.46. The van der Waals surface area contributed by atoms with Crippen molar-refractivity contribution >= 4 is 9.39 Å². The van der Waals surface area contributed by atoms with Crippen LogP contribution in [0.2, 0.25) is 0 Å². The molecule has 2 nitrogen and oxygen atoms in total. The predicted octanol–water partition coefficient (Wildman–Crippen LogP) is 1.75. The van der Waals surface area contributed by atoms with E-state index >= 15 is 0 Å². The van der Waals surface area contributed by atoms with Crippen LogP contribution in [0.1, 0.15) is 5.56 Å². The number of para-hydroxylation sites is 1. The second kappa shape index (κ2) is 5.13. The van der Waals surface area contributed by atoms with Crippen LogP contribution in [-0.4, -0.2) is 13.2 Å². The zero-order valence-electron chi connectivity index (χ0n) is 7.21. The molecule has 0 saturated carbocycles. The molecule has 0 heterocycles. The smallest absolute Gasteiger partial charge is 0.122 e. The predicted molar refractivity (Wildman–Crippen MR) is 54.4 cm³/mol. The Hall–Kier alpha value is -0.590. The number of hydrogen-bond acceptors (Lipinski definition) is 2. The minimum atomic E-state index is 0.703. The summed E-state index contributed by atoms with van der Waals surface area (Å²) in [5.41, 5.74) is 1.18. The molecule has 1 N–H and O–H groups in total. The highest BCUT2D eigenvalue weighted by molar-refractivity contribution is 7.13. The van der Waals surface area contributed by atoms with Crippen molar-refractivity contribution in [2.24, 2.45) is 0 Å². The van der Waals surface area contributed by atoms with Gasteiger partial charge in [-0.05, 0) is 18.6 Å². The third kappa shape index (κ3) is 2.80. The standard InChI is InChI=1S/C9H14NOP/c1-8-4-2-3-5-9(8)11-7-6-10-12/h2-5,10H,6-7,12H2,1H3. The first-order chi connectivity index (χ1) is 5.84. The van der Waals surface area contributed by atoms with E-state index in [4.69, 9.17) is 4.74 Å². The lowest BCUT2D eigenvalue weighted by Gasteiger charge is -2.07. The summed E-state index contributed by atoms with van der Waals surface area (Å²) in [5.74, 6) is 0.970. The molecule has 0 aromatic heterocycles. The summed E-state index contributed by atoms with van der Waals surface area (Å²) in [4.78, 5) is 0. The van der Waals surface area contributed by atoms with Crippen molar-refractivity contribution in [2.45, 2.75) is 6.92 Å². The quantitative estimate of drug-likeness (QED) is 0.567. The molecule has 1 unspecified atom stereocenters. The van der Waals surface area contributed by atoms with Crippen LogP contribution in [0.3, 0.4) is 0 Å². The molecule has 0 saturated heterocycles. The summed E-state index contributed by atoms with van der Waals surface area (Å²) < 4.78 is 5.50. The van der Waals surface area contributed by atoms with Crippen LogP contribution < -0.4 is 9.82 Å². The van der Waals surface area contributed by atoms with Crippen molar-refractivity contribution in [1.82, 2.24) is 5.09 Å². The second-order valence-electron chi connectivity index (χ2n) is 2.57. The minimum Gasteiger partial charge on any atom is -0.492 e. The average Bonchev–Trinajstić information content (AvgIpc) is 2.09. The lowest BCUT2D eigenvalue weighted by molar-refractivity contribution is 0.322. The fraction of sp³-hybridized carbons (Fsp3) is 0.333. The number of hydrogen-bond donors (Lipinski definition) is 1. The molecular formula is C9H14NOP. The van der Waals surface area contributed by atoms with Crippen LogP contribution in [0.15, 0.2) is 24.3 Å². The van der Waals surface area contributed by atoms with Crippen molar-refractivity contribution in [3.63, 3.8) is 0 Å². The molecule has 0 spiro atoms. The van der Waals surface area contributed by atoms with E-state index in [1.165, 1.54) is 5.56 Å². The number of rotatable bonds is 4. The Morgan fingerprint density at radius 3 is 2.83 bits per heavy atom. The summed E-state index contributed by atoms with van der Waals surface area (Å²) in [5, 5.41) is 2.95. The van der Waals surface area contributed by atoms with Gasteiger partial charge in [0.2, 0.25) is 0 Å². The zero-order valence-corrected chi connectivity index (χ0v) is 8.36. The zero-order chi connectivity index (χ0) is 8.81. The van der Waals surface area contributed by atoms with E-state index in [-0.39, 0.29) is 0 Å². The molecule has 0 aliphatic rings. The van der Waals surface area contributed by atoms with Gasteiger partial charge in [0, 0.05) is 6.54 Å². The van der Waals surface area contributed by atoms with Crippen LogP contribution >= 0.6 is 9.39 Å². The molecule has 0 radical (unpaired) electrons. The van der Waals surface area contributed by atoms with E-state index in [1.807, 2.05) is 31.2 Å². The van der Waals surface area contributed by atoms with E-state index < -0.39 is 0 Å². The Morgan fingerprint density at radius 2 is 2.17 bits per heavy atom. The van der Waals surface area contributed by atoms with Crippen LogP contribution in [0.25, 0.3) is 0 Å². The Bertz CT molecular complexity index is 240. The number of nitrogens with one attached hydrogen (secondary N) is 1. The van der Waals surface area contributed by atoms with Gasteiger partial charge in [-0.15, -0.1) is 0 Å². The largest absolute Gasteiger partial charge is 0.492 e. The van der Waals surface area contributed by atoms with Crippen molar-refractivity contribution in [1.29, 1.82) is 0 Å². The van der Waals surface area contributed by atoms with Gasteiger partial charge in [-0.25, -0.2) is 0 Å². The molecule has 1 atom stereocenters. The lowest BCUT2D eigenvalue weighted by Crippen LogP contribution is -2.11. The van der Waals surface area contributed by atoms with Gasteiger partial charge in [0.25, 0.3) is 0 Å². The topological polar surface area (TPSA) is 21.3 Å². The molecule has 1 rings (SSSR count). The molecule has 0 aliphatic carbocycles. The van der Waals surface area contributed by atoms with Crippen molar-refractivity contribution in [3.05, 3.63) is 29.8 Å². The Morgan fingerprint density at radius 1 is 1.42 bits per heavy atom. The van der Waals surface area contributed by atoms with Gasteiger partial charge in [-0.2, -0.15) is 0 Å². The minimum absolute atomic E-state index is 0.703. The highest BCUT2D eigenvalue weighted by atomic mass is 31.0. The van der Waals surface area contributed by atoms with E-state index in [1.54, 1.807) is 0 Å². The monoisotopic (exact) mass is 183 g/mol. The average molecular weight is 183 g/mol. The fourth-order valence-corrected chi connectivity index (χ4v) is 1.06. The summed E-state index contributed by atoms with van der Waals surface area (Å²) in [6.07, 6.45) is 0. The van der Waals surface area contributed by atoms with Gasteiger partial charge in [0.15, 0.2) is 0 Å². The van der Waals surface area contributed by atoms with Crippen LogP contribution in [0.5, 0.6) is 5.75 Å². The van der Waals surface area contributed by atoms with E-state index in [2.05, 4.69) is 14.5 Å². The van der Waals surface area contributed by atoms with Gasteiger partial charge in [0.1, 0.15) is 12.4 Å². The van der Waals surface area contributed by atoms with Crippen molar-refractivity contribution < 1.29 is 4.74 Å². The number of benzene rings is 1. The second-order valence-corrected chi connectivity index (χ2v) is 2.98. The van der Waals surface area contributed by atoms with Gasteiger partial charge >= 0.3 is 0 Å². The summed E-state index contributed by atoms with van der Waals surface area (Å²) in [7, 11) is 2.45. The first-order valence-electron chi connectivity index (χ1n) is 3.96. The Kier molecular flexibility index (Phi) is 4.06. The van der Waals surface area contributed by atoms with Crippen LogP contribution in [-0.2, 0) is 0 Å². The summed E-state index contributed by atoms with van der Waals surface area (Å²) >= 11 is 0. The Labute approximate surface area is 75.6 Å². The molecule has 0 aliphatic heterocycles. The third-order valence-corrected chi connectivity index (χ3v) is 1.89. The molecule has 12 heavy (non-hydrogen) atoms. The molecule has 0 fully saturated rings. The highest BCUT2D eigenvalue weighted by Crippen LogP contribution is 2.15. The maximum absolute atomic E-state index is 5.50. The fourth-order valence-electron chi connectivity index (χ4n) is 0.938. The SMILES string of the molecule is Cc1ccccc1OCCNP. The van der Waals surface area contributed by atoms with Gasteiger partial charge in [-0.1, -0.05) is 27.6 Å². The maximum atomic E-state index is 5.50. The van der Waals surface area contributed by atoms with E-state index in [0.717, 1.165) is 12.3 Å². The molecule has 1 aromatic carbocycles. The van der Waals surface area contributed by atoms with E-state index in [9.17, 15) is 0 Å².